The second-order valence-corrected chi connectivity index (χ2v) is 5.39. The number of aryl methyl sites for hydroxylation is 3. The number of rotatable bonds is 2. The average Bonchev–Trinajstić information content (AvgIpc) is 2.98. The molecule has 0 fully saturated rings. The lowest BCUT2D eigenvalue weighted by Crippen LogP contribution is -2.21. The maximum atomic E-state index is 9.57. The third kappa shape index (κ3) is 1.80. The van der Waals surface area contributed by atoms with Gasteiger partial charge in [-0.1, -0.05) is 0 Å². The summed E-state index contributed by atoms with van der Waals surface area (Å²) in [7, 11) is 0. The van der Waals surface area contributed by atoms with Crippen LogP contribution in [0, 0.1) is 32.1 Å². The van der Waals surface area contributed by atoms with Crippen molar-refractivity contribution in [2.45, 2.75) is 40.2 Å². The molecule has 22 heavy (non-hydrogen) atoms. The van der Waals surface area contributed by atoms with Crippen molar-refractivity contribution < 1.29 is 4.74 Å². The molecule has 0 bridgehead atoms. The first-order chi connectivity index (χ1) is 10.5. The van der Waals surface area contributed by atoms with Gasteiger partial charge < -0.3 is 10.5 Å². The van der Waals surface area contributed by atoms with E-state index in [2.05, 4.69) is 21.4 Å². The number of ether oxygens (including phenoxy) is 1. The van der Waals surface area contributed by atoms with Crippen molar-refractivity contribution in [3.8, 4) is 11.9 Å². The van der Waals surface area contributed by atoms with Crippen molar-refractivity contribution in [3.05, 3.63) is 39.7 Å². The van der Waals surface area contributed by atoms with Crippen LogP contribution < -0.4 is 10.5 Å². The molecule has 0 radical (unpaired) electrons. The molecule has 3 heterocycles. The third-order valence-electron chi connectivity index (χ3n) is 4.16. The minimum Gasteiger partial charge on any atom is -0.420 e. The van der Waals surface area contributed by atoms with Crippen molar-refractivity contribution in [2.24, 2.45) is 5.73 Å². The van der Waals surface area contributed by atoms with Crippen LogP contribution in [0.3, 0.4) is 0 Å². The van der Waals surface area contributed by atoms with Gasteiger partial charge in [0.15, 0.2) is 0 Å². The molecule has 0 saturated carbocycles. The minimum absolute atomic E-state index is 0.106. The fraction of sp³-hybridized carbons (Fsp3) is 0.400. The quantitative estimate of drug-likeness (QED) is 0.879. The maximum Gasteiger partial charge on any atom is 0.244 e. The van der Waals surface area contributed by atoms with Crippen LogP contribution in [-0.2, 0) is 6.54 Å². The van der Waals surface area contributed by atoms with Gasteiger partial charge in [0.25, 0.3) is 0 Å². The summed E-state index contributed by atoms with van der Waals surface area (Å²) in [5, 5.41) is 21.2. The first-order valence-electron chi connectivity index (χ1n) is 7.15. The number of fused-ring (bicyclic) bond motifs is 1. The van der Waals surface area contributed by atoms with Gasteiger partial charge in [0.2, 0.25) is 11.8 Å². The van der Waals surface area contributed by atoms with E-state index >= 15 is 0 Å². The van der Waals surface area contributed by atoms with E-state index in [1.807, 2.05) is 32.4 Å². The number of hydrogen-bond donors (Lipinski definition) is 2. The van der Waals surface area contributed by atoms with Gasteiger partial charge in [-0.3, -0.25) is 9.78 Å². The van der Waals surface area contributed by atoms with E-state index in [9.17, 15) is 5.26 Å². The normalized spacial score (nSPS) is 17.1. The Morgan fingerprint density at radius 2 is 2.09 bits per heavy atom. The molecule has 0 saturated heterocycles. The van der Waals surface area contributed by atoms with Crippen LogP contribution in [0.25, 0.3) is 0 Å². The Balaban J connectivity index is 2.31. The number of allylic oxidation sites excluding steroid dienone is 1. The van der Waals surface area contributed by atoms with E-state index in [-0.39, 0.29) is 11.8 Å². The zero-order valence-corrected chi connectivity index (χ0v) is 13.1. The van der Waals surface area contributed by atoms with Crippen molar-refractivity contribution in [3.63, 3.8) is 0 Å². The standard InChI is InChI=1S/C15H18N6O/c1-5-21-9(4)11(8(3)20-21)13-10(6-16)14(17)22-15-12(13)7(2)18-19-15/h13H,5,17H2,1-4H3,(H,18,19). The van der Waals surface area contributed by atoms with Crippen LogP contribution >= 0.6 is 0 Å². The number of nitrogens with zero attached hydrogens (tertiary/aromatic N) is 4. The number of aromatic amines is 1. The monoisotopic (exact) mass is 298 g/mol. The average molecular weight is 298 g/mol. The molecule has 0 spiro atoms. The lowest BCUT2D eigenvalue weighted by molar-refractivity contribution is 0.378. The summed E-state index contributed by atoms with van der Waals surface area (Å²) < 4.78 is 7.42. The Morgan fingerprint density at radius 1 is 1.36 bits per heavy atom. The molecule has 0 amide bonds. The van der Waals surface area contributed by atoms with E-state index in [4.69, 9.17) is 10.5 Å². The third-order valence-corrected chi connectivity index (χ3v) is 4.16. The highest BCUT2D eigenvalue weighted by Gasteiger charge is 2.37. The molecule has 2 aromatic heterocycles. The number of H-pyrrole nitrogens is 1. The van der Waals surface area contributed by atoms with Crippen LogP contribution in [0.4, 0.5) is 0 Å². The Bertz CT molecular complexity index is 820. The Morgan fingerprint density at radius 3 is 2.68 bits per heavy atom. The number of nitrogens with one attached hydrogen (secondary N) is 1. The largest absolute Gasteiger partial charge is 0.420 e. The van der Waals surface area contributed by atoms with E-state index in [0.29, 0.717) is 11.5 Å². The zero-order chi connectivity index (χ0) is 16.0. The molecular weight excluding hydrogens is 280 g/mol. The second kappa shape index (κ2) is 4.91. The number of aromatic nitrogens is 4. The maximum absolute atomic E-state index is 9.57. The van der Waals surface area contributed by atoms with Gasteiger partial charge in [-0.2, -0.15) is 10.4 Å². The van der Waals surface area contributed by atoms with Crippen molar-refractivity contribution in [1.82, 2.24) is 20.0 Å². The van der Waals surface area contributed by atoms with E-state index in [0.717, 1.165) is 34.8 Å². The van der Waals surface area contributed by atoms with Crippen molar-refractivity contribution in [2.75, 3.05) is 0 Å². The summed E-state index contributed by atoms with van der Waals surface area (Å²) in [6.07, 6.45) is 0. The van der Waals surface area contributed by atoms with Crippen LogP contribution in [0.1, 0.15) is 41.1 Å². The second-order valence-electron chi connectivity index (χ2n) is 5.39. The summed E-state index contributed by atoms with van der Waals surface area (Å²) in [5.41, 5.74) is 11.0. The Kier molecular flexibility index (Phi) is 3.17. The van der Waals surface area contributed by atoms with Gasteiger partial charge in [0, 0.05) is 29.1 Å². The number of nitrogens with two attached hydrogens (primary N) is 1. The summed E-state index contributed by atoms with van der Waals surface area (Å²) in [6.45, 7) is 8.68. The minimum atomic E-state index is -0.298. The number of hydrogen-bond acceptors (Lipinski definition) is 5. The van der Waals surface area contributed by atoms with Gasteiger partial charge in [0.05, 0.1) is 11.6 Å². The van der Waals surface area contributed by atoms with Crippen LogP contribution in [0.2, 0.25) is 0 Å². The van der Waals surface area contributed by atoms with Crippen LogP contribution in [0.5, 0.6) is 5.88 Å². The van der Waals surface area contributed by atoms with Gasteiger partial charge in [-0.05, 0) is 27.7 Å². The fourth-order valence-corrected chi connectivity index (χ4v) is 3.12. The molecule has 7 heteroatoms. The lowest BCUT2D eigenvalue weighted by atomic mass is 9.83. The lowest BCUT2D eigenvalue weighted by Gasteiger charge is -2.23. The summed E-state index contributed by atoms with van der Waals surface area (Å²) in [4.78, 5) is 0. The SMILES string of the molecule is CCn1nc(C)c(C2C(C#N)=C(N)Oc3n[nH]c(C)c32)c1C. The molecule has 0 aromatic carbocycles. The predicted octanol–water partition coefficient (Wildman–Crippen LogP) is 1.77. The van der Waals surface area contributed by atoms with Crippen molar-refractivity contribution >= 4 is 0 Å². The first-order valence-corrected chi connectivity index (χ1v) is 7.15. The zero-order valence-electron chi connectivity index (χ0n) is 13.1. The summed E-state index contributed by atoms with van der Waals surface area (Å²) in [5.74, 6) is 0.240. The Labute approximate surface area is 128 Å². The van der Waals surface area contributed by atoms with Crippen LogP contribution in [0.15, 0.2) is 11.5 Å². The molecule has 3 N–H and O–H groups in total. The molecule has 1 atom stereocenters. The van der Waals surface area contributed by atoms with E-state index in [1.54, 1.807) is 0 Å². The Hall–Kier alpha value is -2.75. The topological polar surface area (TPSA) is 106 Å². The fourth-order valence-electron chi connectivity index (χ4n) is 3.12. The highest BCUT2D eigenvalue weighted by molar-refractivity contribution is 5.56. The molecular formula is C15H18N6O. The van der Waals surface area contributed by atoms with E-state index < -0.39 is 0 Å². The highest BCUT2D eigenvalue weighted by atomic mass is 16.5. The highest BCUT2D eigenvalue weighted by Crippen LogP contribution is 2.44. The molecule has 114 valence electrons. The molecule has 1 unspecified atom stereocenters. The molecule has 3 rings (SSSR count). The van der Waals surface area contributed by atoms with Gasteiger partial charge >= 0.3 is 0 Å². The van der Waals surface area contributed by atoms with Gasteiger partial charge in [-0.15, -0.1) is 5.10 Å². The van der Waals surface area contributed by atoms with Crippen LogP contribution in [-0.4, -0.2) is 20.0 Å². The molecule has 7 nitrogen and oxygen atoms in total. The van der Waals surface area contributed by atoms with E-state index in [1.165, 1.54) is 0 Å². The molecule has 1 aliphatic heterocycles. The smallest absolute Gasteiger partial charge is 0.244 e. The van der Waals surface area contributed by atoms with Gasteiger partial charge in [-0.25, -0.2) is 0 Å². The molecule has 2 aromatic rings. The van der Waals surface area contributed by atoms with Gasteiger partial charge in [0.1, 0.15) is 11.6 Å². The summed E-state index contributed by atoms with van der Waals surface area (Å²) in [6, 6.07) is 2.19. The molecule has 0 aliphatic carbocycles. The number of nitriles is 1. The first kappa shape index (κ1) is 14.2. The van der Waals surface area contributed by atoms with Crippen molar-refractivity contribution in [1.29, 1.82) is 5.26 Å². The predicted molar refractivity (Wildman–Crippen MR) is 80.0 cm³/mol. The summed E-state index contributed by atoms with van der Waals surface area (Å²) >= 11 is 0. The molecule has 1 aliphatic rings.